The van der Waals surface area contributed by atoms with Crippen LogP contribution in [-0.4, -0.2) is 42.4 Å². The first-order valence-electron chi connectivity index (χ1n) is 9.35. The molecular formula is C20H18ClN5O4S. The van der Waals surface area contributed by atoms with Crippen molar-refractivity contribution in [1.29, 1.82) is 5.26 Å². The van der Waals surface area contributed by atoms with E-state index in [0.29, 0.717) is 0 Å². The Bertz CT molecular complexity index is 1050. The zero-order valence-corrected chi connectivity index (χ0v) is 18.0. The van der Waals surface area contributed by atoms with E-state index in [1.807, 2.05) is 36.4 Å². The third-order valence-corrected chi connectivity index (χ3v) is 5.99. The van der Waals surface area contributed by atoms with Crippen LogP contribution in [-0.2, 0) is 24.5 Å². The first-order chi connectivity index (χ1) is 15.0. The standard InChI is InChI=1S/C20H18ClN5O4S/c1-27-17-19(31)29-15-10-28-18(11-5-3-2-4-6-11)30-16(15)20(17,25-26-23)13-7-12(21)9-24-14(13)8-22/h2-7,9,15-19,31H,10H2,1H3/t15-,16+,17+,18?,19-,20?/m1/s1. The Morgan fingerprint density at radius 1 is 1.39 bits per heavy atom. The number of rotatable bonds is 4. The molecular weight excluding hydrogens is 442 g/mol. The van der Waals surface area contributed by atoms with E-state index in [-0.39, 0.29) is 22.9 Å². The van der Waals surface area contributed by atoms with E-state index in [1.54, 1.807) is 0 Å². The second-order valence-electron chi connectivity index (χ2n) is 7.03. The smallest absolute Gasteiger partial charge is 0.184 e. The number of nitrogens with zero attached hydrogens (tertiary/aromatic N) is 5. The fraction of sp³-hybridized carbons (Fsp3) is 0.400. The van der Waals surface area contributed by atoms with Gasteiger partial charge in [-0.3, -0.25) is 0 Å². The molecule has 4 rings (SSSR count). The maximum Gasteiger partial charge on any atom is 0.184 e. The summed E-state index contributed by atoms with van der Waals surface area (Å²) >= 11 is 10.7. The molecule has 0 spiro atoms. The Hall–Kier alpha value is -2.35. The lowest BCUT2D eigenvalue weighted by Gasteiger charge is -2.53. The SMILES string of the molecule is CO[C@H]1[C@@H](S)O[C@@H]2COC(c3ccccc3)O[C@@H]2C1(N=[N+]=[N-])c1cc(Cl)cnc1C#N. The van der Waals surface area contributed by atoms with Crippen molar-refractivity contribution in [3.8, 4) is 6.07 Å². The van der Waals surface area contributed by atoms with Gasteiger partial charge in [-0.1, -0.05) is 47.0 Å². The molecule has 9 nitrogen and oxygen atoms in total. The Morgan fingerprint density at radius 2 is 2.16 bits per heavy atom. The number of halogens is 1. The summed E-state index contributed by atoms with van der Waals surface area (Å²) in [5.74, 6) is 0. The van der Waals surface area contributed by atoms with Crippen LogP contribution in [0.1, 0.15) is 23.1 Å². The molecule has 2 fully saturated rings. The van der Waals surface area contributed by atoms with Crippen molar-refractivity contribution in [2.75, 3.05) is 13.7 Å². The highest BCUT2D eigenvalue weighted by Crippen LogP contribution is 2.49. The van der Waals surface area contributed by atoms with Gasteiger partial charge < -0.3 is 18.9 Å². The summed E-state index contributed by atoms with van der Waals surface area (Å²) in [5, 5.41) is 14.1. The first kappa shape index (κ1) is 21.9. The number of pyridine rings is 1. The molecule has 0 aliphatic carbocycles. The largest absolute Gasteiger partial charge is 0.377 e. The van der Waals surface area contributed by atoms with Crippen LogP contribution in [0.25, 0.3) is 10.4 Å². The van der Waals surface area contributed by atoms with Gasteiger partial charge >= 0.3 is 0 Å². The van der Waals surface area contributed by atoms with Crippen LogP contribution < -0.4 is 0 Å². The molecule has 2 aromatic rings. The summed E-state index contributed by atoms with van der Waals surface area (Å²) in [4.78, 5) is 7.21. The van der Waals surface area contributed by atoms with E-state index in [2.05, 4.69) is 27.6 Å². The van der Waals surface area contributed by atoms with Crippen LogP contribution >= 0.6 is 24.2 Å². The third-order valence-electron chi connectivity index (χ3n) is 5.39. The summed E-state index contributed by atoms with van der Waals surface area (Å²) in [6.45, 7) is 0.149. The summed E-state index contributed by atoms with van der Waals surface area (Å²) in [6, 6.07) is 12.9. The molecule has 0 amide bonds. The number of aromatic nitrogens is 1. The third kappa shape index (κ3) is 3.75. The van der Waals surface area contributed by atoms with Crippen LogP contribution in [0.15, 0.2) is 47.7 Å². The first-order valence-corrected chi connectivity index (χ1v) is 10.2. The number of thiol groups is 1. The fourth-order valence-corrected chi connectivity index (χ4v) is 4.78. The highest BCUT2D eigenvalue weighted by atomic mass is 35.5. The maximum absolute atomic E-state index is 9.73. The van der Waals surface area contributed by atoms with Crippen LogP contribution in [0.5, 0.6) is 0 Å². The van der Waals surface area contributed by atoms with E-state index in [4.69, 9.17) is 30.5 Å². The van der Waals surface area contributed by atoms with Crippen molar-refractivity contribution in [3.05, 3.63) is 74.9 Å². The molecule has 2 aliphatic heterocycles. The summed E-state index contributed by atoms with van der Waals surface area (Å²) < 4.78 is 23.9. The second-order valence-corrected chi connectivity index (χ2v) is 7.98. The molecule has 160 valence electrons. The van der Waals surface area contributed by atoms with Crippen molar-refractivity contribution < 1.29 is 18.9 Å². The molecule has 0 N–H and O–H groups in total. The van der Waals surface area contributed by atoms with E-state index < -0.39 is 35.6 Å². The van der Waals surface area contributed by atoms with E-state index in [0.717, 1.165) is 5.56 Å². The lowest BCUT2D eigenvalue weighted by atomic mass is 9.75. The molecule has 3 heterocycles. The normalized spacial score (nSPS) is 32.4. The number of hydrogen-bond donors (Lipinski definition) is 1. The van der Waals surface area contributed by atoms with Crippen LogP contribution in [0.2, 0.25) is 5.02 Å². The molecule has 0 radical (unpaired) electrons. The number of nitriles is 1. The van der Waals surface area contributed by atoms with Gasteiger partial charge in [0.15, 0.2) is 6.29 Å². The monoisotopic (exact) mass is 459 g/mol. The van der Waals surface area contributed by atoms with Gasteiger partial charge in [-0.2, -0.15) is 5.26 Å². The Balaban J connectivity index is 1.91. The fourth-order valence-electron chi connectivity index (χ4n) is 4.12. The quantitative estimate of drug-likeness (QED) is 0.320. The van der Waals surface area contributed by atoms with Gasteiger partial charge in [0.1, 0.15) is 41.0 Å². The number of hydrogen-bond acceptors (Lipinski definition) is 8. The zero-order chi connectivity index (χ0) is 22.0. The number of ether oxygens (including phenoxy) is 4. The second kappa shape index (κ2) is 9.02. The van der Waals surface area contributed by atoms with Crippen molar-refractivity contribution in [2.45, 2.75) is 35.6 Å². The number of azide groups is 1. The van der Waals surface area contributed by atoms with Gasteiger partial charge in [0, 0.05) is 29.3 Å². The average Bonchev–Trinajstić information content (AvgIpc) is 2.79. The number of methoxy groups -OCH3 is 1. The van der Waals surface area contributed by atoms with Crippen LogP contribution in [0.3, 0.4) is 0 Å². The predicted octanol–water partition coefficient (Wildman–Crippen LogP) is 3.90. The summed E-state index contributed by atoms with van der Waals surface area (Å²) in [7, 11) is 1.44. The number of benzene rings is 1. The minimum atomic E-state index is -1.54. The van der Waals surface area contributed by atoms with Crippen molar-refractivity contribution in [3.63, 3.8) is 0 Å². The molecule has 2 unspecified atom stereocenters. The van der Waals surface area contributed by atoms with Crippen molar-refractivity contribution >= 4 is 24.2 Å². The van der Waals surface area contributed by atoms with Gasteiger partial charge in [-0.25, -0.2) is 4.98 Å². The minimum Gasteiger partial charge on any atom is -0.377 e. The summed E-state index contributed by atoms with van der Waals surface area (Å²) in [6.07, 6.45) is -1.82. The molecule has 31 heavy (non-hydrogen) atoms. The molecule has 0 saturated carbocycles. The average molecular weight is 460 g/mol. The van der Waals surface area contributed by atoms with Gasteiger partial charge in [0.05, 0.1) is 11.6 Å². The molecule has 11 heteroatoms. The van der Waals surface area contributed by atoms with E-state index in [9.17, 15) is 10.8 Å². The van der Waals surface area contributed by atoms with Gasteiger partial charge in [0.2, 0.25) is 0 Å². The van der Waals surface area contributed by atoms with Gasteiger partial charge in [0.25, 0.3) is 0 Å². The molecule has 6 atom stereocenters. The van der Waals surface area contributed by atoms with E-state index >= 15 is 0 Å². The molecule has 2 aliphatic rings. The Labute approximate surface area is 188 Å². The Kier molecular flexibility index (Phi) is 6.36. The molecule has 0 bridgehead atoms. The topological polar surface area (TPSA) is 122 Å². The number of fused-ring (bicyclic) bond motifs is 1. The Morgan fingerprint density at radius 3 is 2.84 bits per heavy atom. The lowest BCUT2D eigenvalue weighted by molar-refractivity contribution is -0.317. The predicted molar refractivity (Wildman–Crippen MR) is 113 cm³/mol. The molecule has 2 saturated heterocycles. The van der Waals surface area contributed by atoms with Gasteiger partial charge in [-0.15, -0.1) is 12.6 Å². The summed E-state index contributed by atoms with van der Waals surface area (Å²) in [5.41, 5.74) is 8.31. The van der Waals surface area contributed by atoms with Crippen molar-refractivity contribution in [1.82, 2.24) is 4.98 Å². The van der Waals surface area contributed by atoms with Crippen LogP contribution in [0.4, 0.5) is 0 Å². The molecule has 1 aromatic heterocycles. The van der Waals surface area contributed by atoms with E-state index in [1.165, 1.54) is 19.4 Å². The zero-order valence-electron chi connectivity index (χ0n) is 16.3. The minimum absolute atomic E-state index is 0.0337. The highest BCUT2D eigenvalue weighted by Gasteiger charge is 2.61. The highest BCUT2D eigenvalue weighted by molar-refractivity contribution is 7.80. The maximum atomic E-state index is 9.73. The van der Waals surface area contributed by atoms with Crippen LogP contribution in [0, 0.1) is 11.3 Å². The van der Waals surface area contributed by atoms with Gasteiger partial charge in [-0.05, 0) is 11.6 Å². The lowest BCUT2D eigenvalue weighted by Crippen LogP contribution is -2.66. The van der Waals surface area contributed by atoms with Crippen molar-refractivity contribution in [2.24, 2.45) is 5.11 Å². The molecule has 1 aromatic carbocycles.